The molecule has 5 nitrogen and oxygen atoms in total. The van der Waals surface area contributed by atoms with Crippen LogP contribution >= 0.6 is 12.4 Å². The number of carbonyl (C=O) groups is 1. The average Bonchev–Trinajstić information content (AvgIpc) is 2.78. The normalized spacial score (nSPS) is 10.2. The smallest absolute Gasteiger partial charge is 0.221 e. The van der Waals surface area contributed by atoms with Crippen LogP contribution in [-0.2, 0) is 11.3 Å². The monoisotopic (exact) mass is 282 g/mol. The van der Waals surface area contributed by atoms with Crippen LogP contribution in [0.1, 0.15) is 12.8 Å². The Kier molecular flexibility index (Phi) is 6.32. The molecule has 104 valence electrons. The summed E-state index contributed by atoms with van der Waals surface area (Å²) in [7, 11) is 0. The van der Waals surface area contributed by atoms with E-state index < -0.39 is 0 Å². The zero-order valence-electron chi connectivity index (χ0n) is 10.7. The number of para-hydroxylation sites is 2. The van der Waals surface area contributed by atoms with Crippen LogP contribution < -0.4 is 11.1 Å². The minimum Gasteiger partial charge on any atom is -0.356 e. The van der Waals surface area contributed by atoms with Crippen molar-refractivity contribution in [3.63, 3.8) is 0 Å². The SMILES string of the molecule is Cl.NCCC(=O)NCCCn1cnc2ccccc21. The highest BCUT2D eigenvalue weighted by molar-refractivity contribution is 5.85. The van der Waals surface area contributed by atoms with Gasteiger partial charge in [0.15, 0.2) is 0 Å². The standard InChI is InChI=1S/C13H18N4O.ClH/c14-7-6-13(18)15-8-3-9-17-10-16-11-4-1-2-5-12(11)17;/h1-2,4-5,10H,3,6-9,14H2,(H,15,18);1H. The van der Waals surface area contributed by atoms with Crippen LogP contribution in [0.15, 0.2) is 30.6 Å². The summed E-state index contributed by atoms with van der Waals surface area (Å²) in [6.07, 6.45) is 3.12. The summed E-state index contributed by atoms with van der Waals surface area (Å²) in [6.45, 7) is 1.92. The lowest BCUT2D eigenvalue weighted by Gasteiger charge is -2.06. The fraction of sp³-hybridized carbons (Fsp3) is 0.385. The zero-order valence-corrected chi connectivity index (χ0v) is 11.5. The Morgan fingerprint density at radius 3 is 2.95 bits per heavy atom. The van der Waals surface area contributed by atoms with Gasteiger partial charge >= 0.3 is 0 Å². The van der Waals surface area contributed by atoms with Crippen LogP contribution in [0, 0.1) is 0 Å². The van der Waals surface area contributed by atoms with Gasteiger partial charge in [0.25, 0.3) is 0 Å². The third-order valence-electron chi connectivity index (χ3n) is 2.80. The molecule has 0 aliphatic carbocycles. The molecule has 1 amide bonds. The van der Waals surface area contributed by atoms with E-state index in [0.717, 1.165) is 24.0 Å². The molecule has 0 radical (unpaired) electrons. The van der Waals surface area contributed by atoms with Crippen LogP contribution in [0.2, 0.25) is 0 Å². The van der Waals surface area contributed by atoms with Crippen molar-refractivity contribution in [3.8, 4) is 0 Å². The number of amides is 1. The van der Waals surface area contributed by atoms with Gasteiger partial charge in [0.05, 0.1) is 17.4 Å². The first-order chi connectivity index (χ1) is 8.81. The molecule has 0 spiro atoms. The molecule has 0 aliphatic heterocycles. The number of benzene rings is 1. The summed E-state index contributed by atoms with van der Waals surface area (Å²) < 4.78 is 2.10. The molecule has 1 aromatic carbocycles. The lowest BCUT2D eigenvalue weighted by atomic mass is 10.3. The summed E-state index contributed by atoms with van der Waals surface area (Å²) in [5, 5.41) is 2.84. The Hall–Kier alpha value is -1.59. The van der Waals surface area contributed by atoms with Gasteiger partial charge in [-0.3, -0.25) is 4.79 Å². The van der Waals surface area contributed by atoms with E-state index in [1.807, 2.05) is 24.5 Å². The molecule has 3 N–H and O–H groups in total. The second-order valence-electron chi connectivity index (χ2n) is 4.17. The number of nitrogens with one attached hydrogen (secondary N) is 1. The van der Waals surface area contributed by atoms with Gasteiger partial charge in [0.1, 0.15) is 0 Å². The van der Waals surface area contributed by atoms with Crippen LogP contribution in [0.3, 0.4) is 0 Å². The highest BCUT2D eigenvalue weighted by Crippen LogP contribution is 2.11. The van der Waals surface area contributed by atoms with Gasteiger partial charge in [-0.05, 0) is 18.6 Å². The molecule has 6 heteroatoms. The molecule has 2 rings (SSSR count). The Morgan fingerprint density at radius 2 is 2.16 bits per heavy atom. The van der Waals surface area contributed by atoms with Crippen LogP contribution in [-0.4, -0.2) is 28.5 Å². The molecule has 2 aromatic rings. The maximum atomic E-state index is 11.2. The summed E-state index contributed by atoms with van der Waals surface area (Å²) in [5.41, 5.74) is 7.43. The number of hydrogen-bond donors (Lipinski definition) is 2. The van der Waals surface area contributed by atoms with Crippen molar-refractivity contribution < 1.29 is 4.79 Å². The largest absolute Gasteiger partial charge is 0.356 e. The molecule has 0 atom stereocenters. The highest BCUT2D eigenvalue weighted by Gasteiger charge is 2.01. The summed E-state index contributed by atoms with van der Waals surface area (Å²) in [4.78, 5) is 15.5. The Balaban J connectivity index is 0.00000180. The molecule has 0 saturated carbocycles. The number of rotatable bonds is 6. The highest BCUT2D eigenvalue weighted by atomic mass is 35.5. The number of hydrogen-bond acceptors (Lipinski definition) is 3. The van der Waals surface area contributed by atoms with Crippen molar-refractivity contribution in [3.05, 3.63) is 30.6 Å². The number of carbonyl (C=O) groups excluding carboxylic acids is 1. The van der Waals surface area contributed by atoms with Gasteiger partial charge in [-0.25, -0.2) is 4.98 Å². The Labute approximate surface area is 118 Å². The van der Waals surface area contributed by atoms with Crippen LogP contribution in [0.25, 0.3) is 11.0 Å². The lowest BCUT2D eigenvalue weighted by molar-refractivity contribution is -0.120. The van der Waals surface area contributed by atoms with Crippen molar-refractivity contribution in [2.45, 2.75) is 19.4 Å². The summed E-state index contributed by atoms with van der Waals surface area (Å²) in [5.74, 6) is 0.0213. The van der Waals surface area contributed by atoms with E-state index in [0.29, 0.717) is 19.5 Å². The number of imidazole rings is 1. The number of halogens is 1. The van der Waals surface area contributed by atoms with Gasteiger partial charge < -0.3 is 15.6 Å². The zero-order chi connectivity index (χ0) is 12.8. The fourth-order valence-corrected chi connectivity index (χ4v) is 1.89. The van der Waals surface area contributed by atoms with Crippen molar-refractivity contribution >= 4 is 29.3 Å². The van der Waals surface area contributed by atoms with E-state index in [1.165, 1.54) is 0 Å². The van der Waals surface area contributed by atoms with E-state index in [9.17, 15) is 4.79 Å². The van der Waals surface area contributed by atoms with Gasteiger partial charge in [0, 0.05) is 26.1 Å². The van der Waals surface area contributed by atoms with Crippen molar-refractivity contribution in [2.24, 2.45) is 5.73 Å². The predicted octanol–water partition coefficient (Wildman–Crippen LogP) is 1.31. The van der Waals surface area contributed by atoms with E-state index in [2.05, 4.69) is 20.9 Å². The van der Waals surface area contributed by atoms with Crippen molar-refractivity contribution in [1.82, 2.24) is 14.9 Å². The maximum Gasteiger partial charge on any atom is 0.221 e. The lowest BCUT2D eigenvalue weighted by Crippen LogP contribution is -2.27. The van der Waals surface area contributed by atoms with E-state index in [-0.39, 0.29) is 18.3 Å². The minimum atomic E-state index is 0. The Bertz CT molecular complexity index is 526. The second kappa shape index (κ2) is 7.76. The number of nitrogens with two attached hydrogens (primary N) is 1. The molecule has 0 unspecified atom stereocenters. The molecule has 1 aromatic heterocycles. The molecule has 0 saturated heterocycles. The third kappa shape index (κ3) is 4.22. The average molecular weight is 283 g/mol. The van der Waals surface area contributed by atoms with Gasteiger partial charge in [-0.1, -0.05) is 12.1 Å². The maximum absolute atomic E-state index is 11.2. The molecule has 0 bridgehead atoms. The Morgan fingerprint density at radius 1 is 1.37 bits per heavy atom. The van der Waals surface area contributed by atoms with E-state index in [4.69, 9.17) is 5.73 Å². The number of nitrogens with zero attached hydrogens (tertiary/aromatic N) is 2. The molecular formula is C13H19ClN4O. The van der Waals surface area contributed by atoms with Crippen LogP contribution in [0.5, 0.6) is 0 Å². The fourth-order valence-electron chi connectivity index (χ4n) is 1.89. The van der Waals surface area contributed by atoms with Crippen molar-refractivity contribution in [2.75, 3.05) is 13.1 Å². The van der Waals surface area contributed by atoms with Crippen molar-refractivity contribution in [1.29, 1.82) is 0 Å². The first-order valence-corrected chi connectivity index (χ1v) is 6.18. The second-order valence-corrected chi connectivity index (χ2v) is 4.17. The number of aromatic nitrogens is 2. The van der Waals surface area contributed by atoms with Gasteiger partial charge in [0.2, 0.25) is 5.91 Å². The number of aryl methyl sites for hydroxylation is 1. The number of fused-ring (bicyclic) bond motifs is 1. The first kappa shape index (κ1) is 15.5. The van der Waals surface area contributed by atoms with E-state index in [1.54, 1.807) is 0 Å². The van der Waals surface area contributed by atoms with Gasteiger partial charge in [-0.15, -0.1) is 12.4 Å². The summed E-state index contributed by atoms with van der Waals surface area (Å²) in [6, 6.07) is 8.03. The molecule has 19 heavy (non-hydrogen) atoms. The molecule has 0 aliphatic rings. The molecule has 1 heterocycles. The quantitative estimate of drug-likeness (QED) is 0.785. The minimum absolute atomic E-state index is 0. The van der Waals surface area contributed by atoms with Gasteiger partial charge in [-0.2, -0.15) is 0 Å². The third-order valence-corrected chi connectivity index (χ3v) is 2.80. The molecular weight excluding hydrogens is 264 g/mol. The predicted molar refractivity (Wildman–Crippen MR) is 78.3 cm³/mol. The molecule has 0 fully saturated rings. The summed E-state index contributed by atoms with van der Waals surface area (Å²) >= 11 is 0. The van der Waals surface area contributed by atoms with E-state index >= 15 is 0 Å². The topological polar surface area (TPSA) is 72.9 Å². The van der Waals surface area contributed by atoms with Crippen LogP contribution in [0.4, 0.5) is 0 Å². The first-order valence-electron chi connectivity index (χ1n) is 6.18.